The summed E-state index contributed by atoms with van der Waals surface area (Å²) >= 11 is 0. The summed E-state index contributed by atoms with van der Waals surface area (Å²) in [5.74, 6) is 0.456. The molecule has 1 aliphatic rings. The van der Waals surface area contributed by atoms with E-state index >= 15 is 0 Å². The van der Waals surface area contributed by atoms with Crippen LogP contribution in [0, 0.1) is 5.92 Å². The largest absolute Gasteiger partial charge is 0.508 e. The molecule has 2 amide bonds. The Kier molecular flexibility index (Phi) is 6.47. The summed E-state index contributed by atoms with van der Waals surface area (Å²) in [6.07, 6.45) is -0.0160. The van der Waals surface area contributed by atoms with Gasteiger partial charge in [0.25, 0.3) is 0 Å². The van der Waals surface area contributed by atoms with Gasteiger partial charge in [-0.05, 0) is 45.0 Å². The van der Waals surface area contributed by atoms with E-state index in [1.54, 1.807) is 17.0 Å². The number of carbonyl (C=O) groups excluding carboxylic acids is 1. The van der Waals surface area contributed by atoms with Crippen molar-refractivity contribution in [1.82, 2.24) is 20.2 Å². The van der Waals surface area contributed by atoms with Gasteiger partial charge in [-0.15, -0.1) is 0 Å². The van der Waals surface area contributed by atoms with Crippen LogP contribution in [-0.4, -0.2) is 62.6 Å². The Hall–Kier alpha value is -3.56. The van der Waals surface area contributed by atoms with E-state index in [0.717, 1.165) is 5.56 Å². The second kappa shape index (κ2) is 9.07. The number of aromatic hydroxyl groups is 1. The first-order valence-corrected chi connectivity index (χ1v) is 9.83. The third-order valence-corrected chi connectivity index (χ3v) is 4.45. The molecule has 1 saturated heterocycles. The van der Waals surface area contributed by atoms with Gasteiger partial charge in [-0.2, -0.15) is 0 Å². The number of carboxylic acid groups (broad SMARTS) is 1. The van der Waals surface area contributed by atoms with E-state index in [4.69, 9.17) is 14.6 Å². The minimum Gasteiger partial charge on any atom is -0.508 e. The Bertz CT molecular complexity index is 936. The number of nitrogens with one attached hydrogen (secondary N) is 1. The highest BCUT2D eigenvalue weighted by atomic mass is 16.6. The van der Waals surface area contributed by atoms with Crippen LogP contribution in [0.4, 0.5) is 9.59 Å². The molecule has 1 aromatic carbocycles. The lowest BCUT2D eigenvalue weighted by molar-refractivity contribution is -0.00816. The fourth-order valence-corrected chi connectivity index (χ4v) is 2.91. The second-order valence-electron chi connectivity index (χ2n) is 8.28. The molecule has 166 valence electrons. The van der Waals surface area contributed by atoms with Crippen LogP contribution in [0.5, 0.6) is 11.6 Å². The highest BCUT2D eigenvalue weighted by Crippen LogP contribution is 2.25. The lowest BCUT2D eigenvalue weighted by atomic mass is 10.0. The highest BCUT2D eigenvalue weighted by molar-refractivity contribution is 5.69. The van der Waals surface area contributed by atoms with Crippen LogP contribution in [0.2, 0.25) is 0 Å². The number of hydrogen-bond donors (Lipinski definition) is 3. The molecular weight excluding hydrogens is 404 g/mol. The Morgan fingerprint density at radius 3 is 2.52 bits per heavy atom. The number of carbonyl (C=O) groups is 2. The van der Waals surface area contributed by atoms with E-state index < -0.39 is 11.7 Å². The van der Waals surface area contributed by atoms with Gasteiger partial charge in [-0.1, -0.05) is 0 Å². The van der Waals surface area contributed by atoms with Crippen LogP contribution in [0.1, 0.15) is 26.5 Å². The molecule has 10 heteroatoms. The van der Waals surface area contributed by atoms with Gasteiger partial charge in [0.2, 0.25) is 5.88 Å². The summed E-state index contributed by atoms with van der Waals surface area (Å²) in [5.41, 5.74) is 1.06. The number of benzene rings is 1. The van der Waals surface area contributed by atoms with Crippen molar-refractivity contribution >= 4 is 12.2 Å². The number of phenolic OH excluding ortho intramolecular Hbond substituents is 1. The van der Waals surface area contributed by atoms with Gasteiger partial charge >= 0.3 is 12.2 Å². The lowest BCUT2D eigenvalue weighted by Crippen LogP contribution is -2.53. The minimum absolute atomic E-state index is 0.0533. The molecule has 0 saturated carbocycles. The monoisotopic (exact) mass is 430 g/mol. The fourth-order valence-electron chi connectivity index (χ4n) is 2.91. The van der Waals surface area contributed by atoms with Gasteiger partial charge in [0, 0.05) is 24.6 Å². The highest BCUT2D eigenvalue weighted by Gasteiger charge is 2.34. The maximum atomic E-state index is 12.0. The van der Waals surface area contributed by atoms with Crippen LogP contribution in [0.15, 0.2) is 30.5 Å². The number of phenols is 1. The quantitative estimate of drug-likeness (QED) is 0.637. The molecular formula is C21H26N4O6. The zero-order chi connectivity index (χ0) is 22.6. The number of aromatic nitrogens is 2. The molecule has 0 atom stereocenters. The van der Waals surface area contributed by atoms with Crippen molar-refractivity contribution in [3.05, 3.63) is 36.2 Å². The number of hydrogen-bond acceptors (Lipinski definition) is 7. The third-order valence-electron chi connectivity index (χ3n) is 4.45. The van der Waals surface area contributed by atoms with Crippen LogP contribution < -0.4 is 10.1 Å². The lowest BCUT2D eigenvalue weighted by Gasteiger charge is -2.39. The van der Waals surface area contributed by atoms with Crippen molar-refractivity contribution in [3.63, 3.8) is 0 Å². The smallest absolute Gasteiger partial charge is 0.410 e. The Morgan fingerprint density at radius 2 is 1.90 bits per heavy atom. The normalized spacial score (nSPS) is 14.0. The summed E-state index contributed by atoms with van der Waals surface area (Å²) in [5, 5.41) is 20.6. The van der Waals surface area contributed by atoms with Crippen molar-refractivity contribution < 1.29 is 29.3 Å². The molecule has 3 N–H and O–H groups in total. The first kappa shape index (κ1) is 22.1. The van der Waals surface area contributed by atoms with Gasteiger partial charge < -0.3 is 29.9 Å². The SMILES string of the molecule is CC(C)(C)OC(=O)N1CC(COc2nc(-c3ccc(O)cc3)cnc2CNC(=O)O)C1. The first-order chi connectivity index (χ1) is 14.6. The van der Waals surface area contributed by atoms with Crippen LogP contribution in [0.25, 0.3) is 11.3 Å². The van der Waals surface area contributed by atoms with Crippen molar-refractivity contribution in [1.29, 1.82) is 0 Å². The molecule has 10 nitrogen and oxygen atoms in total. The molecule has 3 rings (SSSR count). The number of amides is 2. The maximum absolute atomic E-state index is 12.0. The Balaban J connectivity index is 1.65. The number of likely N-dealkylation sites (tertiary alicyclic amines) is 1. The van der Waals surface area contributed by atoms with Crippen molar-refractivity contribution in [3.8, 4) is 22.9 Å². The topological polar surface area (TPSA) is 134 Å². The Morgan fingerprint density at radius 1 is 1.23 bits per heavy atom. The van der Waals surface area contributed by atoms with E-state index in [1.807, 2.05) is 20.8 Å². The van der Waals surface area contributed by atoms with Gasteiger partial charge in [0.15, 0.2) is 0 Å². The zero-order valence-corrected chi connectivity index (χ0v) is 17.7. The van der Waals surface area contributed by atoms with E-state index in [2.05, 4.69) is 15.3 Å². The van der Waals surface area contributed by atoms with E-state index in [-0.39, 0.29) is 30.2 Å². The van der Waals surface area contributed by atoms with Crippen LogP contribution >= 0.6 is 0 Å². The molecule has 0 aliphatic carbocycles. The molecule has 1 aliphatic heterocycles. The minimum atomic E-state index is -1.18. The van der Waals surface area contributed by atoms with E-state index in [9.17, 15) is 14.7 Å². The second-order valence-corrected chi connectivity index (χ2v) is 8.28. The number of nitrogens with zero attached hydrogens (tertiary/aromatic N) is 3. The number of rotatable bonds is 6. The van der Waals surface area contributed by atoms with Gasteiger partial charge in [-0.25, -0.2) is 14.6 Å². The Labute approximate surface area is 179 Å². The third kappa shape index (κ3) is 6.21. The zero-order valence-electron chi connectivity index (χ0n) is 17.7. The summed E-state index contributed by atoms with van der Waals surface area (Å²) in [7, 11) is 0. The van der Waals surface area contributed by atoms with Crippen LogP contribution in [0.3, 0.4) is 0 Å². The summed E-state index contributed by atoms with van der Waals surface area (Å²) < 4.78 is 11.2. The fraction of sp³-hybridized carbons (Fsp3) is 0.429. The molecule has 2 heterocycles. The molecule has 0 radical (unpaired) electrons. The summed E-state index contributed by atoms with van der Waals surface area (Å²) in [6, 6.07) is 6.47. The molecule has 2 aromatic rings. The van der Waals surface area contributed by atoms with Crippen molar-refractivity contribution in [2.75, 3.05) is 19.7 Å². The average molecular weight is 430 g/mol. The molecule has 31 heavy (non-hydrogen) atoms. The van der Waals surface area contributed by atoms with Gasteiger partial charge in [-0.3, -0.25) is 4.98 Å². The predicted molar refractivity (Wildman–Crippen MR) is 111 cm³/mol. The molecule has 0 unspecified atom stereocenters. The summed E-state index contributed by atoms with van der Waals surface area (Å²) in [6.45, 7) is 6.70. The molecule has 0 bridgehead atoms. The van der Waals surface area contributed by atoms with Gasteiger partial charge in [0.05, 0.1) is 25.0 Å². The molecule has 1 aromatic heterocycles. The van der Waals surface area contributed by atoms with Crippen molar-refractivity contribution in [2.24, 2.45) is 5.92 Å². The molecule has 1 fully saturated rings. The van der Waals surface area contributed by atoms with Gasteiger partial charge in [0.1, 0.15) is 17.0 Å². The number of ether oxygens (including phenoxy) is 2. The predicted octanol–water partition coefficient (Wildman–Crippen LogP) is 2.86. The standard InChI is InChI=1S/C21H26N4O6/c1-21(2,3)31-20(29)25-10-13(11-25)12-30-18-17(9-23-19(27)28)22-8-16(24-18)14-4-6-15(26)7-5-14/h4-8,13,23,26H,9-12H2,1-3H3,(H,27,28). The van der Waals surface area contributed by atoms with E-state index in [0.29, 0.717) is 31.1 Å². The molecule has 0 spiro atoms. The average Bonchev–Trinajstić information content (AvgIpc) is 2.64. The first-order valence-electron chi connectivity index (χ1n) is 9.83. The van der Waals surface area contributed by atoms with E-state index in [1.165, 1.54) is 18.3 Å². The van der Waals surface area contributed by atoms with Crippen LogP contribution in [-0.2, 0) is 11.3 Å². The maximum Gasteiger partial charge on any atom is 0.410 e. The van der Waals surface area contributed by atoms with Crippen molar-refractivity contribution in [2.45, 2.75) is 32.9 Å². The summed E-state index contributed by atoms with van der Waals surface area (Å²) in [4.78, 5) is 33.3.